The largest absolute Gasteiger partial charge is 0.0925 e. The number of rotatable bonds is 5. The molecule has 0 aliphatic heterocycles. The predicted octanol–water partition coefficient (Wildman–Crippen LogP) is 4.90. The summed E-state index contributed by atoms with van der Waals surface area (Å²) in [7, 11) is 0. The van der Waals surface area contributed by atoms with E-state index in [9.17, 15) is 0 Å². The average molecular weight is 283 g/mol. The van der Waals surface area contributed by atoms with Crippen LogP contribution in [0.4, 0.5) is 0 Å². The minimum atomic E-state index is 0.766. The summed E-state index contributed by atoms with van der Waals surface area (Å²) in [5.41, 5.74) is 4.28. The van der Waals surface area contributed by atoms with Gasteiger partial charge in [0, 0.05) is 5.33 Å². The molecule has 0 aliphatic rings. The summed E-state index contributed by atoms with van der Waals surface area (Å²) in [6.07, 6.45) is 2.50. The molecule has 0 heterocycles. The van der Waals surface area contributed by atoms with Crippen molar-refractivity contribution in [2.24, 2.45) is 11.8 Å². The van der Waals surface area contributed by atoms with Gasteiger partial charge < -0.3 is 0 Å². The molecule has 1 aromatic rings. The van der Waals surface area contributed by atoms with Crippen LogP contribution in [0.1, 0.15) is 37.0 Å². The molecule has 0 saturated carbocycles. The first-order valence-corrected chi connectivity index (χ1v) is 7.27. The third-order valence-corrected chi connectivity index (χ3v) is 4.03. The van der Waals surface area contributed by atoms with Crippen LogP contribution in [0.3, 0.4) is 0 Å². The number of hydrogen-bond donors (Lipinski definition) is 0. The lowest BCUT2D eigenvalue weighted by atomic mass is 9.91. The molecular weight excluding hydrogens is 260 g/mol. The summed E-state index contributed by atoms with van der Waals surface area (Å²) in [5.74, 6) is 1.55. The van der Waals surface area contributed by atoms with Gasteiger partial charge in [-0.2, -0.15) is 0 Å². The summed E-state index contributed by atoms with van der Waals surface area (Å²) in [6.45, 7) is 8.98. The maximum atomic E-state index is 3.63. The van der Waals surface area contributed by atoms with Crippen molar-refractivity contribution in [3.05, 3.63) is 34.9 Å². The summed E-state index contributed by atoms with van der Waals surface area (Å²) in [6, 6.07) is 6.86. The number of aryl methyl sites for hydroxylation is 2. The van der Waals surface area contributed by atoms with Gasteiger partial charge in [0.15, 0.2) is 0 Å². The Labute approximate surface area is 109 Å². The average Bonchev–Trinajstić information content (AvgIpc) is 2.22. The van der Waals surface area contributed by atoms with E-state index in [-0.39, 0.29) is 0 Å². The molecule has 1 atom stereocenters. The molecule has 0 radical (unpaired) electrons. The first kappa shape index (κ1) is 13.8. The van der Waals surface area contributed by atoms with E-state index in [0.717, 1.165) is 17.2 Å². The summed E-state index contributed by atoms with van der Waals surface area (Å²) in [5, 5.41) is 1.11. The fraction of sp³-hybridized carbons (Fsp3) is 0.600. The van der Waals surface area contributed by atoms with Crippen molar-refractivity contribution in [3.8, 4) is 0 Å². The lowest BCUT2D eigenvalue weighted by molar-refractivity contribution is 0.445. The van der Waals surface area contributed by atoms with Crippen molar-refractivity contribution in [2.75, 3.05) is 5.33 Å². The van der Waals surface area contributed by atoms with E-state index in [1.165, 1.54) is 29.5 Å². The maximum absolute atomic E-state index is 3.63. The summed E-state index contributed by atoms with van der Waals surface area (Å²) in [4.78, 5) is 0. The van der Waals surface area contributed by atoms with Gasteiger partial charge in [0.2, 0.25) is 0 Å². The van der Waals surface area contributed by atoms with Crippen LogP contribution >= 0.6 is 15.9 Å². The molecule has 1 heteroatoms. The second-order valence-electron chi connectivity index (χ2n) is 5.27. The van der Waals surface area contributed by atoms with Gasteiger partial charge in [0.25, 0.3) is 0 Å². The van der Waals surface area contributed by atoms with E-state index in [4.69, 9.17) is 0 Å². The maximum Gasteiger partial charge on any atom is 0.00629 e. The highest BCUT2D eigenvalue weighted by Crippen LogP contribution is 2.20. The minimum absolute atomic E-state index is 0.766. The third kappa shape index (κ3) is 4.29. The molecule has 0 bridgehead atoms. The highest BCUT2D eigenvalue weighted by atomic mass is 79.9. The number of halogens is 1. The van der Waals surface area contributed by atoms with Crippen LogP contribution in [0.5, 0.6) is 0 Å². The Bertz CT molecular complexity index is 328. The molecule has 0 saturated heterocycles. The normalized spacial score (nSPS) is 13.1. The zero-order valence-corrected chi connectivity index (χ0v) is 12.5. The second-order valence-corrected chi connectivity index (χ2v) is 5.92. The van der Waals surface area contributed by atoms with E-state index in [1.807, 2.05) is 0 Å². The fourth-order valence-corrected chi connectivity index (χ4v) is 2.62. The Morgan fingerprint density at radius 3 is 2.31 bits per heavy atom. The van der Waals surface area contributed by atoms with Gasteiger partial charge in [-0.15, -0.1) is 0 Å². The van der Waals surface area contributed by atoms with Gasteiger partial charge >= 0.3 is 0 Å². The number of benzene rings is 1. The van der Waals surface area contributed by atoms with Crippen LogP contribution in [0.15, 0.2) is 18.2 Å². The van der Waals surface area contributed by atoms with E-state index >= 15 is 0 Å². The fourth-order valence-electron chi connectivity index (χ4n) is 2.13. The van der Waals surface area contributed by atoms with Crippen molar-refractivity contribution in [1.29, 1.82) is 0 Å². The molecular formula is C15H23Br. The van der Waals surface area contributed by atoms with Crippen LogP contribution < -0.4 is 0 Å². The molecule has 0 fully saturated rings. The first-order chi connectivity index (χ1) is 7.52. The highest BCUT2D eigenvalue weighted by molar-refractivity contribution is 9.09. The molecule has 16 heavy (non-hydrogen) atoms. The van der Waals surface area contributed by atoms with E-state index in [1.54, 1.807) is 0 Å². The topological polar surface area (TPSA) is 0 Å². The van der Waals surface area contributed by atoms with Crippen molar-refractivity contribution >= 4 is 15.9 Å². The lowest BCUT2D eigenvalue weighted by Crippen LogP contribution is -2.09. The zero-order valence-electron chi connectivity index (χ0n) is 10.9. The van der Waals surface area contributed by atoms with Gasteiger partial charge in [-0.3, -0.25) is 0 Å². The second kappa shape index (κ2) is 6.44. The highest BCUT2D eigenvalue weighted by Gasteiger charge is 2.10. The Balaban J connectivity index is 2.66. The molecule has 0 N–H and O–H groups in total. The first-order valence-electron chi connectivity index (χ1n) is 6.15. The van der Waals surface area contributed by atoms with E-state index in [0.29, 0.717) is 0 Å². The molecule has 0 aliphatic carbocycles. The van der Waals surface area contributed by atoms with Crippen molar-refractivity contribution < 1.29 is 0 Å². The minimum Gasteiger partial charge on any atom is -0.0925 e. The third-order valence-electron chi connectivity index (χ3n) is 3.12. The number of alkyl halides is 1. The molecule has 1 unspecified atom stereocenters. The van der Waals surface area contributed by atoms with Crippen LogP contribution in [0, 0.1) is 25.7 Å². The standard InChI is InChI=1S/C15H23Br/c1-11(2)7-15(10-16)9-14-6-5-12(3)13(4)8-14/h5-6,8,11,15H,7,9-10H2,1-4H3. The molecule has 90 valence electrons. The van der Waals surface area contributed by atoms with Crippen molar-refractivity contribution in [3.63, 3.8) is 0 Å². The zero-order chi connectivity index (χ0) is 12.1. The van der Waals surface area contributed by atoms with Gasteiger partial charge in [-0.05, 0) is 55.2 Å². The molecule has 0 aromatic heterocycles. The van der Waals surface area contributed by atoms with Crippen molar-refractivity contribution in [2.45, 2.75) is 40.5 Å². The molecule has 1 aromatic carbocycles. The van der Waals surface area contributed by atoms with Crippen LogP contribution in [0.25, 0.3) is 0 Å². The predicted molar refractivity (Wildman–Crippen MR) is 76.4 cm³/mol. The van der Waals surface area contributed by atoms with Gasteiger partial charge in [-0.1, -0.05) is 48.0 Å². The Morgan fingerprint density at radius 2 is 1.81 bits per heavy atom. The molecule has 0 amide bonds. The molecule has 0 nitrogen and oxygen atoms in total. The Kier molecular flexibility index (Phi) is 5.54. The van der Waals surface area contributed by atoms with E-state index < -0.39 is 0 Å². The monoisotopic (exact) mass is 282 g/mol. The van der Waals surface area contributed by atoms with Crippen LogP contribution in [-0.4, -0.2) is 5.33 Å². The number of hydrogen-bond acceptors (Lipinski definition) is 0. The van der Waals surface area contributed by atoms with Crippen LogP contribution in [-0.2, 0) is 6.42 Å². The molecule has 0 spiro atoms. The van der Waals surface area contributed by atoms with Gasteiger partial charge in [0.1, 0.15) is 0 Å². The summed E-state index contributed by atoms with van der Waals surface area (Å²) >= 11 is 3.63. The van der Waals surface area contributed by atoms with Crippen molar-refractivity contribution in [1.82, 2.24) is 0 Å². The van der Waals surface area contributed by atoms with Crippen LogP contribution in [0.2, 0.25) is 0 Å². The quantitative estimate of drug-likeness (QED) is 0.674. The molecule has 1 rings (SSSR count). The van der Waals surface area contributed by atoms with Gasteiger partial charge in [-0.25, -0.2) is 0 Å². The van der Waals surface area contributed by atoms with E-state index in [2.05, 4.69) is 61.8 Å². The Morgan fingerprint density at radius 1 is 1.12 bits per heavy atom. The smallest absolute Gasteiger partial charge is 0.00629 e. The lowest BCUT2D eigenvalue weighted by Gasteiger charge is -2.17. The SMILES string of the molecule is Cc1ccc(CC(CBr)CC(C)C)cc1C. The Hall–Kier alpha value is -0.300. The summed E-state index contributed by atoms with van der Waals surface area (Å²) < 4.78 is 0. The van der Waals surface area contributed by atoms with Gasteiger partial charge in [0.05, 0.1) is 0 Å².